The molecule has 0 radical (unpaired) electrons. The Morgan fingerprint density at radius 3 is 3.00 bits per heavy atom. The molecule has 1 unspecified atom stereocenters. The second-order valence-corrected chi connectivity index (χ2v) is 6.38. The van der Waals surface area contributed by atoms with Crippen molar-refractivity contribution in [3.8, 4) is 5.75 Å². The molecule has 0 spiro atoms. The van der Waals surface area contributed by atoms with Crippen LogP contribution in [0.1, 0.15) is 30.5 Å². The highest BCUT2D eigenvalue weighted by Gasteiger charge is 2.23. The van der Waals surface area contributed by atoms with E-state index >= 15 is 0 Å². The van der Waals surface area contributed by atoms with Crippen molar-refractivity contribution in [1.29, 1.82) is 0 Å². The molecule has 1 aromatic carbocycles. The Kier molecular flexibility index (Phi) is 5.48. The quantitative estimate of drug-likeness (QED) is 0.913. The van der Waals surface area contributed by atoms with Crippen LogP contribution in [0, 0.1) is 0 Å². The van der Waals surface area contributed by atoms with Gasteiger partial charge in [0, 0.05) is 19.6 Å². The number of nitrogens with zero attached hydrogens (tertiary/aromatic N) is 1. The van der Waals surface area contributed by atoms with Crippen molar-refractivity contribution in [3.05, 3.63) is 52.2 Å². The number of nitrogens with one attached hydrogen (secondary N) is 1. The molecule has 1 aliphatic rings. The van der Waals surface area contributed by atoms with E-state index in [1.807, 2.05) is 13.0 Å². The molecule has 118 valence electrons. The molecule has 1 aliphatic heterocycles. The van der Waals surface area contributed by atoms with Crippen molar-refractivity contribution in [2.75, 3.05) is 32.8 Å². The Balaban J connectivity index is 1.92. The predicted molar refractivity (Wildman–Crippen MR) is 92.8 cm³/mol. The lowest BCUT2D eigenvalue weighted by atomic mass is 9.99. The Bertz CT molecular complexity index is 562. The summed E-state index contributed by atoms with van der Waals surface area (Å²) in [5.41, 5.74) is 2.71. The number of rotatable bonds is 5. The molecule has 22 heavy (non-hydrogen) atoms. The minimum Gasteiger partial charge on any atom is -0.494 e. The van der Waals surface area contributed by atoms with Crippen molar-refractivity contribution in [2.24, 2.45) is 0 Å². The van der Waals surface area contributed by atoms with Gasteiger partial charge in [0.15, 0.2) is 0 Å². The van der Waals surface area contributed by atoms with Crippen LogP contribution in [0.15, 0.2) is 41.1 Å². The van der Waals surface area contributed by atoms with Crippen LogP contribution in [0.5, 0.6) is 5.75 Å². The second kappa shape index (κ2) is 7.77. The van der Waals surface area contributed by atoms with Gasteiger partial charge in [-0.1, -0.05) is 12.1 Å². The van der Waals surface area contributed by atoms with Crippen LogP contribution < -0.4 is 10.1 Å². The van der Waals surface area contributed by atoms with E-state index in [-0.39, 0.29) is 0 Å². The number of thiophene rings is 1. The lowest BCUT2D eigenvalue weighted by Crippen LogP contribution is -2.32. The smallest absolute Gasteiger partial charge is 0.119 e. The topological polar surface area (TPSA) is 24.5 Å². The van der Waals surface area contributed by atoms with E-state index in [4.69, 9.17) is 4.74 Å². The molecule has 0 saturated carbocycles. The normalized spacial score (nSPS) is 17.9. The third-order valence-electron chi connectivity index (χ3n) is 4.08. The van der Waals surface area contributed by atoms with Crippen LogP contribution >= 0.6 is 11.3 Å². The molecular weight excluding hydrogens is 292 g/mol. The van der Waals surface area contributed by atoms with Crippen molar-refractivity contribution >= 4 is 11.3 Å². The van der Waals surface area contributed by atoms with Crippen LogP contribution in [0.25, 0.3) is 0 Å². The van der Waals surface area contributed by atoms with Gasteiger partial charge in [0.05, 0.1) is 12.6 Å². The average Bonchev–Trinajstić information content (AvgIpc) is 2.92. The summed E-state index contributed by atoms with van der Waals surface area (Å²) < 4.78 is 5.70. The first-order valence-electron chi connectivity index (χ1n) is 8.08. The number of hydrogen-bond donors (Lipinski definition) is 1. The van der Waals surface area contributed by atoms with Crippen molar-refractivity contribution < 1.29 is 4.74 Å². The first kappa shape index (κ1) is 15.5. The molecule has 2 heterocycles. The Morgan fingerprint density at radius 2 is 2.18 bits per heavy atom. The maximum atomic E-state index is 5.70. The Morgan fingerprint density at radius 1 is 1.23 bits per heavy atom. The lowest BCUT2D eigenvalue weighted by molar-refractivity contribution is 0.240. The molecule has 1 N–H and O–H groups in total. The summed E-state index contributed by atoms with van der Waals surface area (Å²) in [5.74, 6) is 0.966. The summed E-state index contributed by atoms with van der Waals surface area (Å²) in [6.45, 7) is 7.13. The van der Waals surface area contributed by atoms with E-state index in [2.05, 4.69) is 45.2 Å². The standard InChI is InChI=1S/C18H24N2OS/c1-2-21-17-6-3-5-15(13-17)18(16-7-12-22-14-16)20-10-4-8-19-9-11-20/h3,5-7,12-14,18-19H,2,4,8-11H2,1H3. The van der Waals surface area contributed by atoms with E-state index < -0.39 is 0 Å². The van der Waals surface area contributed by atoms with Gasteiger partial charge in [-0.05, 0) is 60.0 Å². The van der Waals surface area contributed by atoms with Crippen LogP contribution in [0.3, 0.4) is 0 Å². The largest absolute Gasteiger partial charge is 0.494 e. The van der Waals surface area contributed by atoms with Gasteiger partial charge >= 0.3 is 0 Å². The summed E-state index contributed by atoms with van der Waals surface area (Å²) in [6, 6.07) is 11.2. The molecular formula is C18H24N2OS. The summed E-state index contributed by atoms with van der Waals surface area (Å²) in [5, 5.41) is 7.94. The second-order valence-electron chi connectivity index (χ2n) is 5.60. The lowest BCUT2D eigenvalue weighted by Gasteiger charge is -2.30. The number of ether oxygens (including phenoxy) is 1. The van der Waals surface area contributed by atoms with Gasteiger partial charge < -0.3 is 10.1 Å². The first-order valence-corrected chi connectivity index (χ1v) is 9.02. The molecule has 1 fully saturated rings. The highest BCUT2D eigenvalue weighted by Crippen LogP contribution is 2.32. The predicted octanol–water partition coefficient (Wildman–Crippen LogP) is 3.53. The van der Waals surface area contributed by atoms with Crippen LogP contribution in [0.2, 0.25) is 0 Å². The highest BCUT2D eigenvalue weighted by molar-refractivity contribution is 7.08. The van der Waals surface area contributed by atoms with Gasteiger partial charge in [0.1, 0.15) is 5.75 Å². The van der Waals surface area contributed by atoms with E-state index in [1.165, 1.54) is 17.5 Å². The van der Waals surface area contributed by atoms with Crippen molar-refractivity contribution in [3.63, 3.8) is 0 Å². The van der Waals surface area contributed by atoms with Gasteiger partial charge in [-0.25, -0.2) is 0 Å². The fourth-order valence-electron chi connectivity index (χ4n) is 3.11. The molecule has 1 saturated heterocycles. The molecule has 0 amide bonds. The molecule has 0 aliphatic carbocycles. The first-order chi connectivity index (χ1) is 10.9. The zero-order chi connectivity index (χ0) is 15.2. The Labute approximate surface area is 136 Å². The minimum absolute atomic E-state index is 0.326. The van der Waals surface area contributed by atoms with Gasteiger partial charge in [-0.15, -0.1) is 0 Å². The summed E-state index contributed by atoms with van der Waals surface area (Å²) >= 11 is 1.77. The van der Waals surface area contributed by atoms with Crippen molar-refractivity contribution in [2.45, 2.75) is 19.4 Å². The van der Waals surface area contributed by atoms with Gasteiger partial charge in [0.2, 0.25) is 0 Å². The number of hydrogen-bond acceptors (Lipinski definition) is 4. The highest BCUT2D eigenvalue weighted by atomic mass is 32.1. The molecule has 0 bridgehead atoms. The van der Waals surface area contributed by atoms with Gasteiger partial charge in [-0.2, -0.15) is 11.3 Å². The summed E-state index contributed by atoms with van der Waals surface area (Å²) in [7, 11) is 0. The van der Waals surface area contributed by atoms with E-state index in [0.29, 0.717) is 12.6 Å². The SMILES string of the molecule is CCOc1cccc(C(c2ccsc2)N2CCCNCC2)c1. The maximum Gasteiger partial charge on any atom is 0.119 e. The fourth-order valence-corrected chi connectivity index (χ4v) is 3.79. The molecule has 1 aromatic heterocycles. The zero-order valence-electron chi connectivity index (χ0n) is 13.1. The van der Waals surface area contributed by atoms with Crippen LogP contribution in [0.4, 0.5) is 0 Å². The molecule has 4 heteroatoms. The molecule has 1 atom stereocenters. The fraction of sp³-hybridized carbons (Fsp3) is 0.444. The van der Waals surface area contributed by atoms with Crippen molar-refractivity contribution in [1.82, 2.24) is 10.2 Å². The third kappa shape index (κ3) is 3.69. The van der Waals surface area contributed by atoms with Gasteiger partial charge in [-0.3, -0.25) is 4.90 Å². The summed E-state index contributed by atoms with van der Waals surface area (Å²) in [4.78, 5) is 2.59. The number of benzene rings is 1. The van der Waals surface area contributed by atoms with E-state index in [9.17, 15) is 0 Å². The average molecular weight is 316 g/mol. The molecule has 3 rings (SSSR count). The van der Waals surface area contributed by atoms with E-state index in [0.717, 1.165) is 31.9 Å². The van der Waals surface area contributed by atoms with Gasteiger partial charge in [0.25, 0.3) is 0 Å². The monoisotopic (exact) mass is 316 g/mol. The minimum atomic E-state index is 0.326. The van der Waals surface area contributed by atoms with Crippen LogP contribution in [-0.4, -0.2) is 37.7 Å². The molecule has 3 nitrogen and oxygen atoms in total. The van der Waals surface area contributed by atoms with Crippen LogP contribution in [-0.2, 0) is 0 Å². The molecule has 2 aromatic rings. The summed E-state index contributed by atoms with van der Waals surface area (Å²) in [6.07, 6.45) is 1.20. The van der Waals surface area contributed by atoms with E-state index in [1.54, 1.807) is 11.3 Å². The maximum absolute atomic E-state index is 5.70. The Hall–Kier alpha value is -1.36. The zero-order valence-corrected chi connectivity index (χ0v) is 13.9. The third-order valence-corrected chi connectivity index (χ3v) is 4.79.